The molecule has 110 valence electrons. The molecular weight excluding hydrogens is 258 g/mol. The molecule has 0 spiro atoms. The van der Waals surface area contributed by atoms with Gasteiger partial charge in [-0.1, -0.05) is 6.07 Å². The van der Waals surface area contributed by atoms with Gasteiger partial charge in [0.25, 0.3) is 0 Å². The summed E-state index contributed by atoms with van der Waals surface area (Å²) in [4.78, 5) is 11.7. The highest BCUT2D eigenvalue weighted by molar-refractivity contribution is 5.90. The van der Waals surface area contributed by atoms with Crippen molar-refractivity contribution in [2.75, 3.05) is 32.2 Å². The van der Waals surface area contributed by atoms with Crippen LogP contribution in [0.3, 0.4) is 0 Å². The van der Waals surface area contributed by atoms with E-state index in [0.29, 0.717) is 19.6 Å². The fourth-order valence-corrected chi connectivity index (χ4v) is 2.08. The minimum atomic E-state index is -0.0643. The Morgan fingerprint density at radius 3 is 3.15 bits per heavy atom. The Balaban J connectivity index is 1.64. The number of hydrogen-bond donors (Lipinski definition) is 1. The standard InChI is InChI=1S/C15H21NO4/c1-18-13-5-2-4-12(10-13)16-15(17)7-9-19-11-14-6-3-8-20-14/h2,4-5,10,14H,3,6-9,11H2,1H3,(H,16,17)/t14-/m0/s1. The molecule has 0 aliphatic carbocycles. The second-order valence-electron chi connectivity index (χ2n) is 4.74. The molecule has 1 heterocycles. The van der Waals surface area contributed by atoms with Crippen LogP contribution in [0.5, 0.6) is 5.75 Å². The molecule has 5 heteroatoms. The number of amides is 1. The Morgan fingerprint density at radius 1 is 1.50 bits per heavy atom. The molecule has 2 rings (SSSR count). The fourth-order valence-electron chi connectivity index (χ4n) is 2.08. The number of carbonyl (C=O) groups is 1. The predicted molar refractivity (Wildman–Crippen MR) is 76.0 cm³/mol. The van der Waals surface area contributed by atoms with Crippen LogP contribution < -0.4 is 10.1 Å². The lowest BCUT2D eigenvalue weighted by molar-refractivity contribution is -0.117. The Hall–Kier alpha value is -1.59. The number of rotatable bonds is 7. The molecule has 1 aromatic rings. The van der Waals surface area contributed by atoms with Crippen LogP contribution in [0.4, 0.5) is 5.69 Å². The number of anilines is 1. The summed E-state index contributed by atoms with van der Waals surface area (Å²) in [6, 6.07) is 7.28. The molecule has 20 heavy (non-hydrogen) atoms. The number of carbonyl (C=O) groups excluding carboxylic acids is 1. The van der Waals surface area contributed by atoms with Crippen LogP contribution in [-0.4, -0.2) is 38.9 Å². The van der Waals surface area contributed by atoms with Crippen molar-refractivity contribution in [1.82, 2.24) is 0 Å². The first-order valence-corrected chi connectivity index (χ1v) is 6.91. The molecule has 0 saturated carbocycles. The highest BCUT2D eigenvalue weighted by Crippen LogP contribution is 2.16. The predicted octanol–water partition coefficient (Wildman–Crippen LogP) is 2.22. The molecule has 1 fully saturated rings. The molecule has 1 saturated heterocycles. The molecule has 1 N–H and O–H groups in total. The first-order chi connectivity index (χ1) is 9.78. The van der Waals surface area contributed by atoms with E-state index >= 15 is 0 Å². The summed E-state index contributed by atoms with van der Waals surface area (Å²) in [5.74, 6) is 0.656. The second kappa shape index (κ2) is 7.87. The van der Waals surface area contributed by atoms with Crippen molar-refractivity contribution in [2.45, 2.75) is 25.4 Å². The van der Waals surface area contributed by atoms with E-state index in [1.807, 2.05) is 18.2 Å². The number of hydrogen-bond acceptors (Lipinski definition) is 4. The second-order valence-corrected chi connectivity index (χ2v) is 4.74. The van der Waals surface area contributed by atoms with Crippen LogP contribution >= 0.6 is 0 Å². The van der Waals surface area contributed by atoms with Gasteiger partial charge in [-0.25, -0.2) is 0 Å². The van der Waals surface area contributed by atoms with Crippen molar-refractivity contribution in [3.63, 3.8) is 0 Å². The number of methoxy groups -OCH3 is 1. The highest BCUT2D eigenvalue weighted by atomic mass is 16.5. The van der Waals surface area contributed by atoms with Crippen LogP contribution in [0.2, 0.25) is 0 Å². The third-order valence-corrected chi connectivity index (χ3v) is 3.15. The van der Waals surface area contributed by atoms with Crippen LogP contribution in [0.25, 0.3) is 0 Å². The van der Waals surface area contributed by atoms with Gasteiger partial charge in [-0.3, -0.25) is 4.79 Å². The minimum absolute atomic E-state index is 0.0643. The van der Waals surface area contributed by atoms with Crippen molar-refractivity contribution >= 4 is 11.6 Å². The summed E-state index contributed by atoms with van der Waals surface area (Å²) >= 11 is 0. The molecule has 1 aliphatic heterocycles. The summed E-state index contributed by atoms with van der Waals surface area (Å²) in [7, 11) is 1.60. The normalized spacial score (nSPS) is 17.9. The number of nitrogens with one attached hydrogen (secondary N) is 1. The van der Waals surface area contributed by atoms with Gasteiger partial charge in [-0.05, 0) is 25.0 Å². The van der Waals surface area contributed by atoms with Crippen LogP contribution in [0.1, 0.15) is 19.3 Å². The summed E-state index contributed by atoms with van der Waals surface area (Å²) in [6.45, 7) is 1.81. The molecule has 0 unspecified atom stereocenters. The summed E-state index contributed by atoms with van der Waals surface area (Å²) in [6.07, 6.45) is 2.70. The van der Waals surface area contributed by atoms with Crippen LogP contribution in [0.15, 0.2) is 24.3 Å². The van der Waals surface area contributed by atoms with Gasteiger partial charge in [0.2, 0.25) is 5.91 Å². The maximum Gasteiger partial charge on any atom is 0.226 e. The maximum atomic E-state index is 11.7. The third-order valence-electron chi connectivity index (χ3n) is 3.15. The van der Waals surface area contributed by atoms with E-state index in [-0.39, 0.29) is 12.0 Å². The zero-order chi connectivity index (χ0) is 14.2. The Labute approximate surface area is 119 Å². The van der Waals surface area contributed by atoms with Gasteiger partial charge in [0.1, 0.15) is 5.75 Å². The Kier molecular flexibility index (Phi) is 5.83. The fraction of sp³-hybridized carbons (Fsp3) is 0.533. The molecule has 0 radical (unpaired) electrons. The SMILES string of the molecule is COc1cccc(NC(=O)CCOC[C@@H]2CCCO2)c1. The molecule has 1 amide bonds. The summed E-state index contributed by atoms with van der Waals surface area (Å²) < 4.78 is 16.0. The molecule has 1 aromatic carbocycles. The van der Waals surface area contributed by atoms with Crippen molar-refractivity contribution in [1.29, 1.82) is 0 Å². The van der Waals surface area contributed by atoms with Crippen LogP contribution in [-0.2, 0) is 14.3 Å². The lowest BCUT2D eigenvalue weighted by Crippen LogP contribution is -2.18. The smallest absolute Gasteiger partial charge is 0.226 e. The molecule has 0 aromatic heterocycles. The number of benzene rings is 1. The molecule has 1 aliphatic rings. The quantitative estimate of drug-likeness (QED) is 0.778. The van der Waals surface area contributed by atoms with E-state index in [1.54, 1.807) is 13.2 Å². The molecular formula is C15H21NO4. The van der Waals surface area contributed by atoms with E-state index in [9.17, 15) is 4.79 Å². The maximum absolute atomic E-state index is 11.7. The topological polar surface area (TPSA) is 56.8 Å². The largest absolute Gasteiger partial charge is 0.497 e. The van der Waals surface area contributed by atoms with E-state index in [0.717, 1.165) is 30.9 Å². The average Bonchev–Trinajstić information content (AvgIpc) is 2.97. The third kappa shape index (κ3) is 4.83. The van der Waals surface area contributed by atoms with Gasteiger partial charge in [0, 0.05) is 18.4 Å². The average molecular weight is 279 g/mol. The Bertz CT molecular complexity index is 430. The van der Waals surface area contributed by atoms with Gasteiger partial charge in [-0.15, -0.1) is 0 Å². The van der Waals surface area contributed by atoms with Gasteiger partial charge < -0.3 is 19.5 Å². The highest BCUT2D eigenvalue weighted by Gasteiger charge is 2.15. The van der Waals surface area contributed by atoms with Crippen molar-refractivity contribution < 1.29 is 19.0 Å². The van der Waals surface area contributed by atoms with Gasteiger partial charge >= 0.3 is 0 Å². The lowest BCUT2D eigenvalue weighted by atomic mass is 10.2. The Morgan fingerprint density at radius 2 is 2.40 bits per heavy atom. The van der Waals surface area contributed by atoms with Gasteiger partial charge in [0.05, 0.1) is 32.8 Å². The molecule has 5 nitrogen and oxygen atoms in total. The van der Waals surface area contributed by atoms with Gasteiger partial charge in [-0.2, -0.15) is 0 Å². The van der Waals surface area contributed by atoms with Crippen LogP contribution in [0, 0.1) is 0 Å². The minimum Gasteiger partial charge on any atom is -0.497 e. The first-order valence-electron chi connectivity index (χ1n) is 6.91. The van der Waals surface area contributed by atoms with E-state index in [1.165, 1.54) is 0 Å². The first kappa shape index (κ1) is 14.8. The summed E-state index contributed by atoms with van der Waals surface area (Å²) in [5, 5.41) is 2.81. The van der Waals surface area contributed by atoms with Crippen molar-refractivity contribution in [2.24, 2.45) is 0 Å². The molecule has 0 bridgehead atoms. The lowest BCUT2D eigenvalue weighted by Gasteiger charge is -2.10. The van der Waals surface area contributed by atoms with Gasteiger partial charge in [0.15, 0.2) is 0 Å². The van der Waals surface area contributed by atoms with Crippen molar-refractivity contribution in [3.8, 4) is 5.75 Å². The monoisotopic (exact) mass is 279 g/mol. The van der Waals surface area contributed by atoms with E-state index in [2.05, 4.69) is 5.32 Å². The zero-order valence-electron chi connectivity index (χ0n) is 11.8. The molecule has 1 atom stereocenters. The summed E-state index contributed by atoms with van der Waals surface area (Å²) in [5.41, 5.74) is 0.730. The van der Waals surface area contributed by atoms with E-state index in [4.69, 9.17) is 14.2 Å². The van der Waals surface area contributed by atoms with E-state index < -0.39 is 0 Å². The number of ether oxygens (including phenoxy) is 3. The van der Waals surface area contributed by atoms with Crippen molar-refractivity contribution in [3.05, 3.63) is 24.3 Å². The zero-order valence-corrected chi connectivity index (χ0v) is 11.8.